The lowest BCUT2D eigenvalue weighted by Gasteiger charge is -2.21. The van der Waals surface area contributed by atoms with Gasteiger partial charge in [-0.3, -0.25) is 4.79 Å². The summed E-state index contributed by atoms with van der Waals surface area (Å²) in [7, 11) is 1.79. The van der Waals surface area contributed by atoms with Crippen LogP contribution in [0.15, 0.2) is 34.1 Å². The second-order valence-corrected chi connectivity index (χ2v) is 6.66. The summed E-state index contributed by atoms with van der Waals surface area (Å²) in [6, 6.07) is 8.24. The van der Waals surface area contributed by atoms with Crippen molar-refractivity contribution in [2.75, 3.05) is 18.6 Å². The van der Waals surface area contributed by atoms with E-state index in [0.717, 1.165) is 29.1 Å². The molecule has 2 heterocycles. The second-order valence-electron chi connectivity index (χ2n) is 4.45. The largest absolute Gasteiger partial charge is 0.342 e. The summed E-state index contributed by atoms with van der Waals surface area (Å²) < 4.78 is 0. The Morgan fingerprint density at radius 2 is 2.00 bits per heavy atom. The molecule has 1 amide bonds. The number of hydrogen-bond acceptors (Lipinski definition) is 4. The summed E-state index contributed by atoms with van der Waals surface area (Å²) in [5.41, 5.74) is 2.03. The average molecular weight is 290 g/mol. The molecule has 0 aliphatic carbocycles. The van der Waals surface area contributed by atoms with Crippen LogP contribution in [0.3, 0.4) is 0 Å². The SMILES string of the molecule is CN(C=O)Cc1nc2ccccc2c2c1SCCS2. The Morgan fingerprint density at radius 1 is 1.26 bits per heavy atom. The van der Waals surface area contributed by atoms with Crippen LogP contribution in [-0.4, -0.2) is 34.8 Å². The van der Waals surface area contributed by atoms with Gasteiger partial charge in [0.05, 0.1) is 17.8 Å². The molecule has 3 nitrogen and oxygen atoms in total. The summed E-state index contributed by atoms with van der Waals surface area (Å²) in [5.74, 6) is 2.24. The van der Waals surface area contributed by atoms with Crippen molar-refractivity contribution in [2.45, 2.75) is 16.3 Å². The van der Waals surface area contributed by atoms with Crippen LogP contribution in [0, 0.1) is 0 Å². The van der Waals surface area contributed by atoms with Gasteiger partial charge in [0, 0.05) is 33.7 Å². The van der Waals surface area contributed by atoms with E-state index in [-0.39, 0.29) is 0 Å². The monoisotopic (exact) mass is 290 g/mol. The maximum Gasteiger partial charge on any atom is 0.209 e. The standard InChI is InChI=1S/C14H14N2OS2/c1-16(9-17)8-12-14-13(18-6-7-19-14)10-4-2-3-5-11(10)15-12/h2-5,9H,6-8H2,1H3. The minimum Gasteiger partial charge on any atom is -0.342 e. The van der Waals surface area contributed by atoms with Crippen LogP contribution in [0.1, 0.15) is 5.69 Å². The smallest absolute Gasteiger partial charge is 0.209 e. The fourth-order valence-electron chi connectivity index (χ4n) is 2.17. The lowest BCUT2D eigenvalue weighted by Crippen LogP contribution is -2.17. The number of nitrogens with zero attached hydrogens (tertiary/aromatic N) is 2. The molecule has 0 saturated carbocycles. The number of amides is 1. The molecular formula is C14H14N2OS2. The van der Waals surface area contributed by atoms with Gasteiger partial charge < -0.3 is 4.90 Å². The third-order valence-electron chi connectivity index (χ3n) is 3.03. The fourth-order valence-corrected chi connectivity index (χ4v) is 4.70. The van der Waals surface area contributed by atoms with Crippen LogP contribution in [-0.2, 0) is 11.3 Å². The predicted octanol–water partition coefficient (Wildman–Crippen LogP) is 3.02. The number of rotatable bonds is 3. The molecule has 0 bridgehead atoms. The first-order valence-electron chi connectivity index (χ1n) is 6.12. The molecule has 1 aromatic carbocycles. The normalized spacial score (nSPS) is 14.2. The van der Waals surface area contributed by atoms with E-state index < -0.39 is 0 Å². The van der Waals surface area contributed by atoms with E-state index in [1.54, 1.807) is 11.9 Å². The summed E-state index contributed by atoms with van der Waals surface area (Å²) in [5, 5.41) is 1.23. The van der Waals surface area contributed by atoms with Gasteiger partial charge in [-0.05, 0) is 6.07 Å². The third kappa shape index (κ3) is 2.44. The number of thioether (sulfide) groups is 2. The highest BCUT2D eigenvalue weighted by Gasteiger charge is 2.19. The number of aromatic nitrogens is 1. The van der Waals surface area contributed by atoms with Crippen LogP contribution in [0.2, 0.25) is 0 Å². The van der Waals surface area contributed by atoms with E-state index in [0.29, 0.717) is 6.54 Å². The molecule has 0 N–H and O–H groups in total. The molecule has 0 spiro atoms. The van der Waals surface area contributed by atoms with E-state index in [1.807, 2.05) is 35.7 Å². The number of benzene rings is 1. The molecule has 98 valence electrons. The Kier molecular flexibility index (Phi) is 3.66. The molecule has 1 aliphatic heterocycles. The van der Waals surface area contributed by atoms with Crippen LogP contribution < -0.4 is 0 Å². The lowest BCUT2D eigenvalue weighted by molar-refractivity contribution is -0.117. The van der Waals surface area contributed by atoms with Gasteiger partial charge in [0.15, 0.2) is 0 Å². The summed E-state index contributed by atoms with van der Waals surface area (Å²) in [6.07, 6.45) is 0.851. The van der Waals surface area contributed by atoms with Gasteiger partial charge in [0.1, 0.15) is 0 Å². The van der Waals surface area contributed by atoms with Crippen LogP contribution in [0.25, 0.3) is 10.9 Å². The first-order chi connectivity index (χ1) is 9.29. The van der Waals surface area contributed by atoms with E-state index in [4.69, 9.17) is 4.98 Å². The van der Waals surface area contributed by atoms with Crippen molar-refractivity contribution in [2.24, 2.45) is 0 Å². The zero-order chi connectivity index (χ0) is 13.2. The molecule has 3 rings (SSSR count). The van der Waals surface area contributed by atoms with Gasteiger partial charge in [0.25, 0.3) is 0 Å². The topological polar surface area (TPSA) is 33.2 Å². The molecule has 2 aromatic rings. The Balaban J connectivity index is 2.18. The molecule has 19 heavy (non-hydrogen) atoms. The molecule has 0 radical (unpaired) electrons. The second kappa shape index (κ2) is 5.43. The Bertz CT molecular complexity index is 630. The van der Waals surface area contributed by atoms with Crippen LogP contribution in [0.5, 0.6) is 0 Å². The first kappa shape index (κ1) is 12.8. The number of pyridine rings is 1. The van der Waals surface area contributed by atoms with Crippen molar-refractivity contribution < 1.29 is 4.79 Å². The molecule has 0 atom stereocenters. The van der Waals surface area contributed by atoms with Crippen molar-refractivity contribution in [3.05, 3.63) is 30.0 Å². The van der Waals surface area contributed by atoms with Gasteiger partial charge in [-0.1, -0.05) is 18.2 Å². The summed E-state index contributed by atoms with van der Waals surface area (Å²) >= 11 is 3.76. The minimum atomic E-state index is 0.574. The highest BCUT2D eigenvalue weighted by Crippen LogP contribution is 2.42. The number of carbonyl (C=O) groups excluding carboxylic acids is 1. The van der Waals surface area contributed by atoms with Crippen molar-refractivity contribution in [3.8, 4) is 0 Å². The van der Waals surface area contributed by atoms with Crippen LogP contribution >= 0.6 is 23.5 Å². The minimum absolute atomic E-state index is 0.574. The van der Waals surface area contributed by atoms with Gasteiger partial charge >= 0.3 is 0 Å². The zero-order valence-electron chi connectivity index (χ0n) is 10.6. The summed E-state index contributed by atoms with van der Waals surface area (Å²) in [4.78, 5) is 19.8. The highest BCUT2D eigenvalue weighted by molar-refractivity contribution is 8.05. The van der Waals surface area contributed by atoms with Crippen LogP contribution in [0.4, 0.5) is 0 Å². The maximum absolute atomic E-state index is 10.8. The highest BCUT2D eigenvalue weighted by atomic mass is 32.2. The third-order valence-corrected chi connectivity index (χ3v) is 5.67. The number of para-hydroxylation sites is 1. The molecule has 0 fully saturated rings. The Labute approximate surface area is 120 Å². The van der Waals surface area contributed by atoms with Gasteiger partial charge in [-0.2, -0.15) is 0 Å². The number of fused-ring (bicyclic) bond motifs is 3. The van der Waals surface area contributed by atoms with Gasteiger partial charge in [-0.15, -0.1) is 23.5 Å². The molecule has 0 unspecified atom stereocenters. The van der Waals surface area contributed by atoms with E-state index in [9.17, 15) is 4.79 Å². The lowest BCUT2D eigenvalue weighted by atomic mass is 10.2. The molecule has 5 heteroatoms. The van der Waals surface area contributed by atoms with Crippen molar-refractivity contribution in [1.29, 1.82) is 0 Å². The Hall–Kier alpha value is -1.20. The van der Waals surface area contributed by atoms with Gasteiger partial charge in [0.2, 0.25) is 6.41 Å². The van der Waals surface area contributed by atoms with Gasteiger partial charge in [-0.25, -0.2) is 4.98 Å². The molecular weight excluding hydrogens is 276 g/mol. The number of carbonyl (C=O) groups is 1. The van der Waals surface area contributed by atoms with E-state index in [1.165, 1.54) is 15.2 Å². The summed E-state index contributed by atoms with van der Waals surface area (Å²) in [6.45, 7) is 0.574. The molecule has 1 aromatic heterocycles. The quantitative estimate of drug-likeness (QED) is 0.814. The fraction of sp³-hybridized carbons (Fsp3) is 0.286. The Morgan fingerprint density at radius 3 is 2.79 bits per heavy atom. The molecule has 1 aliphatic rings. The van der Waals surface area contributed by atoms with Crippen molar-refractivity contribution in [1.82, 2.24) is 9.88 Å². The molecule has 0 saturated heterocycles. The van der Waals surface area contributed by atoms with Crippen molar-refractivity contribution >= 4 is 40.8 Å². The zero-order valence-corrected chi connectivity index (χ0v) is 12.3. The average Bonchev–Trinajstić information content (AvgIpc) is 2.47. The maximum atomic E-state index is 10.8. The first-order valence-corrected chi connectivity index (χ1v) is 8.09. The predicted molar refractivity (Wildman–Crippen MR) is 80.7 cm³/mol. The van der Waals surface area contributed by atoms with E-state index in [2.05, 4.69) is 12.1 Å². The number of hydrogen-bond donors (Lipinski definition) is 0. The van der Waals surface area contributed by atoms with Crippen molar-refractivity contribution in [3.63, 3.8) is 0 Å². The van der Waals surface area contributed by atoms with E-state index >= 15 is 0 Å².